The number of aryl methyl sites for hydroxylation is 1. The molecule has 0 amide bonds. The number of hydrogen-bond donors (Lipinski definition) is 1. The van der Waals surface area contributed by atoms with E-state index in [-0.39, 0.29) is 6.04 Å². The van der Waals surface area contributed by atoms with Gasteiger partial charge in [-0.15, -0.1) is 0 Å². The lowest BCUT2D eigenvalue weighted by atomic mass is 10.2. The molecule has 0 saturated carbocycles. The molecule has 2 N–H and O–H groups in total. The Morgan fingerprint density at radius 2 is 2.00 bits per heavy atom. The predicted molar refractivity (Wildman–Crippen MR) is 106 cm³/mol. The van der Waals surface area contributed by atoms with Gasteiger partial charge in [-0.1, -0.05) is 17.7 Å². The largest absolute Gasteiger partial charge is 0.382 e. The van der Waals surface area contributed by atoms with Gasteiger partial charge in [-0.2, -0.15) is 4.31 Å². The second kappa shape index (κ2) is 6.84. The van der Waals surface area contributed by atoms with Crippen LogP contribution in [0.25, 0.3) is 11.2 Å². The second-order valence-corrected chi connectivity index (χ2v) is 9.25. The summed E-state index contributed by atoms with van der Waals surface area (Å²) in [7, 11) is -3.56. The van der Waals surface area contributed by atoms with Gasteiger partial charge in [0.15, 0.2) is 21.7 Å². The van der Waals surface area contributed by atoms with Crippen molar-refractivity contribution in [1.82, 2.24) is 23.8 Å². The van der Waals surface area contributed by atoms with E-state index >= 15 is 0 Å². The van der Waals surface area contributed by atoms with E-state index < -0.39 is 10.0 Å². The average molecular weight is 451 g/mol. The number of nitrogens with two attached hydrogens (primary N) is 1. The van der Waals surface area contributed by atoms with Gasteiger partial charge in [0.05, 0.1) is 4.90 Å². The van der Waals surface area contributed by atoms with Crippen LogP contribution in [0.4, 0.5) is 5.82 Å². The molecule has 1 aliphatic rings. The van der Waals surface area contributed by atoms with Crippen molar-refractivity contribution in [1.29, 1.82) is 0 Å². The zero-order valence-electron chi connectivity index (χ0n) is 14.7. The fraction of sp³-hybridized carbons (Fsp3) is 0.353. The van der Waals surface area contributed by atoms with Gasteiger partial charge in [-0.3, -0.25) is 0 Å². The number of benzene rings is 1. The van der Waals surface area contributed by atoms with Crippen LogP contribution in [-0.4, -0.2) is 44.8 Å². The predicted octanol–water partition coefficient (Wildman–Crippen LogP) is 2.33. The highest BCUT2D eigenvalue weighted by Crippen LogP contribution is 2.29. The first-order valence-corrected chi connectivity index (χ1v) is 10.8. The Morgan fingerprint density at radius 3 is 2.74 bits per heavy atom. The number of rotatable bonds is 4. The molecule has 8 nitrogen and oxygen atoms in total. The van der Waals surface area contributed by atoms with Crippen molar-refractivity contribution in [2.75, 3.05) is 12.3 Å². The monoisotopic (exact) mass is 450 g/mol. The van der Waals surface area contributed by atoms with Gasteiger partial charge < -0.3 is 10.3 Å². The van der Waals surface area contributed by atoms with Gasteiger partial charge in [0.2, 0.25) is 10.0 Å². The van der Waals surface area contributed by atoms with Crippen LogP contribution in [0.1, 0.15) is 18.4 Å². The Bertz CT molecular complexity index is 1100. The first-order valence-electron chi connectivity index (χ1n) is 8.58. The van der Waals surface area contributed by atoms with Gasteiger partial charge in [-0.05, 0) is 47.8 Å². The molecular weight excluding hydrogens is 432 g/mol. The number of fused-ring (bicyclic) bond motifs is 1. The lowest BCUT2D eigenvalue weighted by molar-refractivity contribution is 0.352. The third-order valence-corrected chi connectivity index (χ3v) is 7.43. The molecule has 0 aliphatic carbocycles. The standard InChI is InChI=1S/C17H19BrN6O2S/c1-11-4-6-13(7-5-11)27(25,26)24-8-2-3-12(24)9-23-16-14(22-17(23)18)15(19)20-10-21-16/h4-7,10,12H,2-3,8-9H2,1H3,(H2,19,20,21)/t12-/m0/s1. The van der Waals surface area contributed by atoms with Crippen molar-refractivity contribution in [3.05, 3.63) is 40.9 Å². The zero-order chi connectivity index (χ0) is 19.2. The molecule has 0 spiro atoms. The highest BCUT2D eigenvalue weighted by atomic mass is 79.9. The van der Waals surface area contributed by atoms with Crippen molar-refractivity contribution in [2.24, 2.45) is 0 Å². The third kappa shape index (κ3) is 3.21. The first kappa shape index (κ1) is 18.3. The molecule has 3 heterocycles. The van der Waals surface area contributed by atoms with Gasteiger partial charge >= 0.3 is 0 Å². The molecule has 0 unspecified atom stereocenters. The number of aromatic nitrogens is 4. The average Bonchev–Trinajstić information content (AvgIpc) is 3.22. The molecule has 0 radical (unpaired) electrons. The van der Waals surface area contributed by atoms with Crippen LogP contribution in [0.5, 0.6) is 0 Å². The summed E-state index contributed by atoms with van der Waals surface area (Å²) in [6.45, 7) is 2.88. The maximum atomic E-state index is 13.1. The van der Waals surface area contributed by atoms with E-state index in [2.05, 4.69) is 30.9 Å². The molecule has 1 atom stereocenters. The summed E-state index contributed by atoms with van der Waals surface area (Å²) in [5.74, 6) is 0.301. The summed E-state index contributed by atoms with van der Waals surface area (Å²) in [6.07, 6.45) is 2.98. The van der Waals surface area contributed by atoms with E-state index in [0.29, 0.717) is 39.7 Å². The lowest BCUT2D eigenvalue weighted by Gasteiger charge is -2.25. The summed E-state index contributed by atoms with van der Waals surface area (Å²) in [4.78, 5) is 12.9. The van der Waals surface area contributed by atoms with E-state index in [1.807, 2.05) is 23.6 Å². The van der Waals surface area contributed by atoms with Crippen molar-refractivity contribution < 1.29 is 8.42 Å². The molecule has 4 rings (SSSR count). The number of halogens is 1. The summed E-state index contributed by atoms with van der Waals surface area (Å²) < 4.78 is 30.3. The van der Waals surface area contributed by atoms with E-state index in [1.54, 1.807) is 16.4 Å². The van der Waals surface area contributed by atoms with Crippen molar-refractivity contribution in [2.45, 2.75) is 37.2 Å². The Hall–Kier alpha value is -2.04. The summed E-state index contributed by atoms with van der Waals surface area (Å²) >= 11 is 3.43. The SMILES string of the molecule is Cc1ccc(S(=O)(=O)N2CCC[C@H]2Cn2c(Br)nc3c(N)ncnc32)cc1. The van der Waals surface area contributed by atoms with Gasteiger partial charge in [0.25, 0.3) is 0 Å². The minimum atomic E-state index is -3.56. The minimum Gasteiger partial charge on any atom is -0.382 e. The molecule has 3 aromatic rings. The van der Waals surface area contributed by atoms with E-state index in [9.17, 15) is 8.42 Å². The molecule has 10 heteroatoms. The topological polar surface area (TPSA) is 107 Å². The molecule has 1 saturated heterocycles. The maximum Gasteiger partial charge on any atom is 0.243 e. The molecule has 1 aromatic carbocycles. The summed E-state index contributed by atoms with van der Waals surface area (Å²) in [6, 6.07) is 6.78. The fourth-order valence-electron chi connectivity index (χ4n) is 3.45. The molecule has 1 fully saturated rings. The second-order valence-electron chi connectivity index (χ2n) is 6.65. The number of nitrogens with zero attached hydrogens (tertiary/aromatic N) is 5. The highest BCUT2D eigenvalue weighted by molar-refractivity contribution is 9.10. The van der Waals surface area contributed by atoms with Gasteiger partial charge in [0.1, 0.15) is 6.33 Å². The lowest BCUT2D eigenvalue weighted by Crippen LogP contribution is -2.38. The number of nitrogen functional groups attached to an aromatic ring is 1. The zero-order valence-corrected chi connectivity index (χ0v) is 17.1. The van der Waals surface area contributed by atoms with E-state index in [1.165, 1.54) is 6.33 Å². The van der Waals surface area contributed by atoms with Crippen LogP contribution in [-0.2, 0) is 16.6 Å². The van der Waals surface area contributed by atoms with Crippen LogP contribution >= 0.6 is 15.9 Å². The fourth-order valence-corrected chi connectivity index (χ4v) is 5.63. The van der Waals surface area contributed by atoms with E-state index in [0.717, 1.165) is 18.4 Å². The van der Waals surface area contributed by atoms with Crippen LogP contribution in [0.2, 0.25) is 0 Å². The Kier molecular flexibility index (Phi) is 4.65. The van der Waals surface area contributed by atoms with Crippen LogP contribution < -0.4 is 5.73 Å². The molecule has 142 valence electrons. The molecule has 2 aromatic heterocycles. The molecular formula is C17H19BrN6O2S. The van der Waals surface area contributed by atoms with Crippen LogP contribution in [0.3, 0.4) is 0 Å². The number of imidazole rings is 1. The Balaban J connectivity index is 1.68. The number of sulfonamides is 1. The maximum absolute atomic E-state index is 13.1. The third-order valence-electron chi connectivity index (χ3n) is 4.86. The van der Waals surface area contributed by atoms with Crippen molar-refractivity contribution >= 4 is 42.9 Å². The Morgan fingerprint density at radius 1 is 1.26 bits per heavy atom. The quantitative estimate of drug-likeness (QED) is 0.611. The molecule has 27 heavy (non-hydrogen) atoms. The molecule has 0 bridgehead atoms. The first-order chi connectivity index (χ1) is 12.9. The highest BCUT2D eigenvalue weighted by Gasteiger charge is 2.36. The van der Waals surface area contributed by atoms with Crippen LogP contribution in [0, 0.1) is 6.92 Å². The number of anilines is 1. The van der Waals surface area contributed by atoms with Gasteiger partial charge in [-0.25, -0.2) is 23.4 Å². The van der Waals surface area contributed by atoms with Crippen molar-refractivity contribution in [3.63, 3.8) is 0 Å². The van der Waals surface area contributed by atoms with Crippen LogP contribution in [0.15, 0.2) is 40.2 Å². The molecule has 1 aliphatic heterocycles. The smallest absolute Gasteiger partial charge is 0.243 e. The van der Waals surface area contributed by atoms with Gasteiger partial charge in [0, 0.05) is 19.1 Å². The number of hydrogen-bond acceptors (Lipinski definition) is 6. The Labute approximate surface area is 165 Å². The normalized spacial score (nSPS) is 18.4. The minimum absolute atomic E-state index is 0.179. The summed E-state index contributed by atoms with van der Waals surface area (Å²) in [5, 5.41) is 0. The summed E-state index contributed by atoms with van der Waals surface area (Å²) in [5.41, 5.74) is 8.00. The van der Waals surface area contributed by atoms with E-state index in [4.69, 9.17) is 5.73 Å². The van der Waals surface area contributed by atoms with Crippen molar-refractivity contribution in [3.8, 4) is 0 Å².